The van der Waals surface area contributed by atoms with Gasteiger partial charge in [-0.05, 0) is 40.8 Å². The third-order valence-electron chi connectivity index (χ3n) is 4.83. The highest BCUT2D eigenvalue weighted by atomic mass is 16.7. The van der Waals surface area contributed by atoms with Gasteiger partial charge in [-0.2, -0.15) is 0 Å². The predicted octanol–water partition coefficient (Wildman–Crippen LogP) is 0.529. The minimum absolute atomic E-state index is 0.383. The van der Waals surface area contributed by atoms with Gasteiger partial charge in [0, 0.05) is 0 Å². The summed E-state index contributed by atoms with van der Waals surface area (Å²) in [6, 6.07) is 13.5. The molecule has 1 fully saturated rings. The largest absolute Gasteiger partial charge is 0.479 e. The number of aliphatic hydroxyl groups is 3. The molecule has 0 amide bonds. The Morgan fingerprint density at radius 1 is 0.962 bits per heavy atom. The Balaban J connectivity index is 1.56. The second-order valence-corrected chi connectivity index (χ2v) is 6.51. The Morgan fingerprint density at radius 3 is 2.46 bits per heavy atom. The molecular weight excluding hydrogens is 340 g/mol. The predicted molar refractivity (Wildman–Crippen MR) is 89.6 cm³/mol. The SMILES string of the molecule is O=C(O)[C@H]1O[C@@H](Oc2ccc3c(c2)Cc2ccccc2-3)[C@H](O)[C@@H](O)[C@@H]1O. The molecule has 0 aromatic heterocycles. The minimum Gasteiger partial charge on any atom is -0.479 e. The van der Waals surface area contributed by atoms with Crippen LogP contribution in [-0.4, -0.2) is 57.1 Å². The Labute approximate surface area is 149 Å². The zero-order valence-electron chi connectivity index (χ0n) is 13.6. The number of hydrogen-bond acceptors (Lipinski definition) is 6. The molecule has 0 radical (unpaired) electrons. The first-order valence-corrected chi connectivity index (χ1v) is 8.26. The number of rotatable bonds is 3. The zero-order chi connectivity index (χ0) is 18.4. The minimum atomic E-state index is -1.74. The van der Waals surface area contributed by atoms with Gasteiger partial charge >= 0.3 is 5.97 Å². The Morgan fingerprint density at radius 2 is 1.69 bits per heavy atom. The third kappa shape index (κ3) is 2.75. The van der Waals surface area contributed by atoms with Crippen LogP contribution in [0.15, 0.2) is 42.5 Å². The fraction of sp³-hybridized carbons (Fsp3) is 0.316. The van der Waals surface area contributed by atoms with E-state index in [0.29, 0.717) is 5.75 Å². The molecule has 0 spiro atoms. The molecule has 1 aliphatic carbocycles. The van der Waals surface area contributed by atoms with Gasteiger partial charge in [0.15, 0.2) is 6.10 Å². The standard InChI is InChI=1S/C19H18O7/c20-14-15(21)17(18(23)24)26-19(16(14)22)25-11-5-6-13-10(8-11)7-9-3-1-2-4-12(9)13/h1-6,8,14-17,19-22H,7H2,(H,23,24)/t14-,15-,16+,17-,19+/m0/s1. The second-order valence-electron chi connectivity index (χ2n) is 6.51. The van der Waals surface area contributed by atoms with E-state index >= 15 is 0 Å². The lowest BCUT2D eigenvalue weighted by Gasteiger charge is -2.38. The molecule has 2 aromatic carbocycles. The molecule has 0 unspecified atom stereocenters. The average molecular weight is 358 g/mol. The quantitative estimate of drug-likeness (QED) is 0.540. The molecule has 4 rings (SSSR count). The summed E-state index contributed by atoms with van der Waals surface area (Å²) >= 11 is 0. The van der Waals surface area contributed by atoms with Crippen LogP contribution >= 0.6 is 0 Å². The summed E-state index contributed by atoms with van der Waals surface area (Å²) in [6.07, 6.45) is -7.35. The van der Waals surface area contributed by atoms with Crippen molar-refractivity contribution in [1.82, 2.24) is 0 Å². The van der Waals surface area contributed by atoms with Crippen molar-refractivity contribution in [3.63, 3.8) is 0 Å². The third-order valence-corrected chi connectivity index (χ3v) is 4.83. The lowest BCUT2D eigenvalue weighted by Crippen LogP contribution is -2.61. The first-order valence-electron chi connectivity index (χ1n) is 8.26. The highest BCUT2D eigenvalue weighted by molar-refractivity contribution is 5.77. The van der Waals surface area contributed by atoms with Crippen molar-refractivity contribution in [3.05, 3.63) is 53.6 Å². The summed E-state index contributed by atoms with van der Waals surface area (Å²) in [7, 11) is 0. The fourth-order valence-electron chi connectivity index (χ4n) is 3.48. The van der Waals surface area contributed by atoms with E-state index in [1.807, 2.05) is 24.3 Å². The summed E-state index contributed by atoms with van der Waals surface area (Å²) < 4.78 is 10.7. The zero-order valence-corrected chi connectivity index (χ0v) is 13.6. The van der Waals surface area contributed by atoms with E-state index in [9.17, 15) is 20.1 Å². The maximum absolute atomic E-state index is 11.2. The van der Waals surface area contributed by atoms with Crippen LogP contribution in [0.25, 0.3) is 11.1 Å². The molecule has 136 valence electrons. The van der Waals surface area contributed by atoms with Crippen LogP contribution in [0.3, 0.4) is 0 Å². The number of aliphatic carboxylic acids is 1. The van der Waals surface area contributed by atoms with Gasteiger partial charge < -0.3 is 29.9 Å². The van der Waals surface area contributed by atoms with Crippen molar-refractivity contribution in [2.45, 2.75) is 37.1 Å². The number of aliphatic hydroxyl groups excluding tert-OH is 3. The van der Waals surface area contributed by atoms with Crippen molar-refractivity contribution in [3.8, 4) is 16.9 Å². The number of carbonyl (C=O) groups is 1. The van der Waals surface area contributed by atoms with Crippen molar-refractivity contribution < 1.29 is 34.7 Å². The molecule has 7 heteroatoms. The molecule has 5 atom stereocenters. The van der Waals surface area contributed by atoms with Gasteiger partial charge in [-0.1, -0.05) is 30.3 Å². The molecule has 26 heavy (non-hydrogen) atoms. The Kier molecular flexibility index (Phi) is 4.16. The van der Waals surface area contributed by atoms with Crippen LogP contribution in [0.2, 0.25) is 0 Å². The summed E-state index contributed by atoms with van der Waals surface area (Å²) in [6.45, 7) is 0. The second kappa shape index (κ2) is 6.37. The molecule has 2 aromatic rings. The van der Waals surface area contributed by atoms with E-state index < -0.39 is 36.7 Å². The van der Waals surface area contributed by atoms with Crippen molar-refractivity contribution >= 4 is 5.97 Å². The van der Waals surface area contributed by atoms with Crippen LogP contribution in [-0.2, 0) is 16.0 Å². The lowest BCUT2D eigenvalue weighted by molar-refractivity contribution is -0.271. The topological polar surface area (TPSA) is 116 Å². The summed E-state index contributed by atoms with van der Waals surface area (Å²) in [5, 5.41) is 38.7. The molecule has 7 nitrogen and oxygen atoms in total. The van der Waals surface area contributed by atoms with E-state index in [1.165, 1.54) is 5.56 Å². The highest BCUT2D eigenvalue weighted by Crippen LogP contribution is 2.38. The monoisotopic (exact) mass is 358 g/mol. The highest BCUT2D eigenvalue weighted by Gasteiger charge is 2.48. The van der Waals surface area contributed by atoms with Gasteiger partial charge in [-0.25, -0.2) is 4.79 Å². The first-order chi connectivity index (χ1) is 12.5. The molecule has 4 N–H and O–H groups in total. The number of carboxylic acid groups (broad SMARTS) is 1. The van der Waals surface area contributed by atoms with Crippen molar-refractivity contribution in [1.29, 1.82) is 0 Å². The number of carboxylic acids is 1. The number of ether oxygens (including phenoxy) is 2. The Hall–Kier alpha value is -2.45. The molecular formula is C19H18O7. The van der Waals surface area contributed by atoms with Crippen LogP contribution in [0.5, 0.6) is 5.75 Å². The van der Waals surface area contributed by atoms with Gasteiger partial charge in [-0.15, -0.1) is 0 Å². The van der Waals surface area contributed by atoms with E-state index in [0.717, 1.165) is 23.1 Å². The summed E-state index contributed by atoms with van der Waals surface area (Å²) in [5.74, 6) is -1.06. The van der Waals surface area contributed by atoms with Crippen LogP contribution < -0.4 is 4.74 Å². The molecule has 1 aliphatic heterocycles. The van der Waals surface area contributed by atoms with Crippen LogP contribution in [0.1, 0.15) is 11.1 Å². The number of fused-ring (bicyclic) bond motifs is 3. The van der Waals surface area contributed by atoms with E-state index in [4.69, 9.17) is 14.6 Å². The number of hydrogen-bond donors (Lipinski definition) is 4. The molecule has 0 saturated carbocycles. The molecule has 2 aliphatic rings. The van der Waals surface area contributed by atoms with Crippen LogP contribution in [0.4, 0.5) is 0 Å². The average Bonchev–Trinajstić information content (AvgIpc) is 2.99. The maximum Gasteiger partial charge on any atom is 0.335 e. The Bertz CT molecular complexity index is 850. The van der Waals surface area contributed by atoms with E-state index in [-0.39, 0.29) is 0 Å². The fourth-order valence-corrected chi connectivity index (χ4v) is 3.48. The van der Waals surface area contributed by atoms with Crippen molar-refractivity contribution in [2.75, 3.05) is 0 Å². The molecule has 1 heterocycles. The number of benzene rings is 2. The lowest BCUT2D eigenvalue weighted by atomic mass is 9.99. The molecule has 1 saturated heterocycles. The normalized spacial score (nSPS) is 29.7. The van der Waals surface area contributed by atoms with Gasteiger partial charge in [0.05, 0.1) is 0 Å². The van der Waals surface area contributed by atoms with E-state index in [2.05, 4.69) is 6.07 Å². The van der Waals surface area contributed by atoms with Gasteiger partial charge in [0.1, 0.15) is 24.1 Å². The molecule has 0 bridgehead atoms. The maximum atomic E-state index is 11.2. The summed E-state index contributed by atoms with van der Waals surface area (Å²) in [5.41, 5.74) is 4.51. The first kappa shape index (κ1) is 17.0. The van der Waals surface area contributed by atoms with Crippen molar-refractivity contribution in [2.24, 2.45) is 0 Å². The van der Waals surface area contributed by atoms with E-state index in [1.54, 1.807) is 12.1 Å². The van der Waals surface area contributed by atoms with Gasteiger partial charge in [-0.3, -0.25) is 0 Å². The van der Waals surface area contributed by atoms with Gasteiger partial charge in [0.2, 0.25) is 6.29 Å². The van der Waals surface area contributed by atoms with Gasteiger partial charge in [0.25, 0.3) is 0 Å². The summed E-state index contributed by atoms with van der Waals surface area (Å²) in [4.78, 5) is 11.2. The smallest absolute Gasteiger partial charge is 0.335 e. The van der Waals surface area contributed by atoms with Crippen LogP contribution in [0, 0.1) is 0 Å².